The molecule has 1 aromatic carbocycles. The number of hydrogen-bond donors (Lipinski definition) is 2. The van der Waals surface area contributed by atoms with E-state index in [0.717, 1.165) is 12.1 Å². The van der Waals surface area contributed by atoms with Gasteiger partial charge in [0, 0.05) is 18.3 Å². The van der Waals surface area contributed by atoms with Crippen molar-refractivity contribution in [3.8, 4) is 5.75 Å². The molecule has 0 spiro atoms. The van der Waals surface area contributed by atoms with Gasteiger partial charge in [-0.25, -0.2) is 4.39 Å². The maximum absolute atomic E-state index is 13.4. The number of methoxy groups -OCH3 is 1. The minimum atomic E-state index is -0.343. The number of anilines is 1. The summed E-state index contributed by atoms with van der Waals surface area (Å²) in [5.41, 5.74) is 6.74. The molecule has 0 amide bonds. The van der Waals surface area contributed by atoms with Crippen LogP contribution in [0.15, 0.2) is 18.2 Å². The number of hydrogen-bond acceptors (Lipinski definition) is 3. The average molecular weight is 252 g/mol. The van der Waals surface area contributed by atoms with Crippen molar-refractivity contribution < 1.29 is 9.13 Å². The molecule has 0 bridgehead atoms. The molecule has 0 aliphatic heterocycles. The smallest absolute Gasteiger partial charge is 0.165 e. The van der Waals surface area contributed by atoms with Gasteiger partial charge in [-0.2, -0.15) is 0 Å². The van der Waals surface area contributed by atoms with Crippen LogP contribution in [0.2, 0.25) is 0 Å². The van der Waals surface area contributed by atoms with Crippen LogP contribution in [0.25, 0.3) is 0 Å². The topological polar surface area (TPSA) is 47.3 Å². The van der Waals surface area contributed by atoms with Gasteiger partial charge >= 0.3 is 0 Å². The fourth-order valence-electron chi connectivity index (χ4n) is 2.50. The molecule has 1 aliphatic rings. The number of nitrogens with one attached hydrogen (secondary N) is 1. The summed E-state index contributed by atoms with van der Waals surface area (Å²) in [4.78, 5) is 0. The molecule has 1 atom stereocenters. The molecule has 3 N–H and O–H groups in total. The van der Waals surface area contributed by atoms with Crippen LogP contribution in [-0.4, -0.2) is 19.2 Å². The highest BCUT2D eigenvalue weighted by Crippen LogP contribution is 2.43. The Hall–Kier alpha value is -1.29. The van der Waals surface area contributed by atoms with Gasteiger partial charge in [0.05, 0.1) is 12.6 Å². The van der Waals surface area contributed by atoms with Crippen molar-refractivity contribution >= 4 is 5.69 Å². The molecular formula is C14H21FN2O. The minimum Gasteiger partial charge on any atom is -0.494 e. The lowest BCUT2D eigenvalue weighted by atomic mass is 9.89. The third kappa shape index (κ3) is 2.43. The van der Waals surface area contributed by atoms with Crippen molar-refractivity contribution in [1.82, 2.24) is 0 Å². The maximum atomic E-state index is 13.4. The first kappa shape index (κ1) is 13.1. The Morgan fingerprint density at radius 2 is 2.22 bits per heavy atom. The van der Waals surface area contributed by atoms with E-state index in [0.29, 0.717) is 12.5 Å². The Bertz CT molecular complexity index is 414. The summed E-state index contributed by atoms with van der Waals surface area (Å²) in [6.45, 7) is 2.73. The maximum Gasteiger partial charge on any atom is 0.165 e. The first-order valence-electron chi connectivity index (χ1n) is 6.47. The molecule has 1 fully saturated rings. The molecule has 0 radical (unpaired) electrons. The number of ether oxygens (including phenoxy) is 1. The largest absolute Gasteiger partial charge is 0.494 e. The second kappa shape index (κ2) is 5.14. The van der Waals surface area contributed by atoms with Gasteiger partial charge in [-0.1, -0.05) is 6.92 Å². The quantitative estimate of drug-likeness (QED) is 0.818. The van der Waals surface area contributed by atoms with Crippen LogP contribution in [0.3, 0.4) is 0 Å². The normalized spacial score (nSPS) is 18.2. The summed E-state index contributed by atoms with van der Waals surface area (Å²) in [6.07, 6.45) is 3.40. The van der Waals surface area contributed by atoms with Gasteiger partial charge in [0.25, 0.3) is 0 Å². The number of benzene rings is 1. The number of halogens is 1. The summed E-state index contributed by atoms with van der Waals surface area (Å²) >= 11 is 0. The Balaban J connectivity index is 2.21. The molecule has 2 rings (SSSR count). The molecule has 1 aliphatic carbocycles. The van der Waals surface area contributed by atoms with E-state index in [-0.39, 0.29) is 17.1 Å². The van der Waals surface area contributed by atoms with Crippen LogP contribution in [0.4, 0.5) is 10.1 Å². The standard InChI is InChI=1S/C14H21FN2O/c1-3-14(9-16,10-4-5-10)17-11-6-7-12(15)13(8-11)18-2/h6-8,10,17H,3-5,9,16H2,1-2H3. The molecule has 0 heterocycles. The molecular weight excluding hydrogens is 231 g/mol. The number of rotatable bonds is 6. The van der Waals surface area contributed by atoms with Crippen LogP contribution in [0, 0.1) is 11.7 Å². The summed E-state index contributed by atoms with van der Waals surface area (Å²) in [5, 5.41) is 3.48. The van der Waals surface area contributed by atoms with Gasteiger partial charge < -0.3 is 15.8 Å². The van der Waals surface area contributed by atoms with E-state index >= 15 is 0 Å². The van der Waals surface area contributed by atoms with Crippen LogP contribution in [0.1, 0.15) is 26.2 Å². The van der Waals surface area contributed by atoms with Gasteiger partial charge in [0.15, 0.2) is 11.6 Å². The first-order valence-corrected chi connectivity index (χ1v) is 6.47. The Morgan fingerprint density at radius 1 is 1.50 bits per heavy atom. The molecule has 18 heavy (non-hydrogen) atoms. The van der Waals surface area contributed by atoms with Crippen molar-refractivity contribution in [1.29, 1.82) is 0 Å². The SMILES string of the molecule is CCC(CN)(Nc1ccc(F)c(OC)c1)C1CC1. The number of nitrogens with two attached hydrogens (primary N) is 1. The van der Waals surface area contributed by atoms with E-state index in [2.05, 4.69) is 12.2 Å². The summed E-state index contributed by atoms with van der Waals surface area (Å²) in [5.74, 6) is 0.547. The summed E-state index contributed by atoms with van der Waals surface area (Å²) in [6, 6.07) is 4.85. The predicted molar refractivity (Wildman–Crippen MR) is 71.4 cm³/mol. The van der Waals surface area contributed by atoms with Crippen molar-refractivity contribution in [3.05, 3.63) is 24.0 Å². The van der Waals surface area contributed by atoms with E-state index in [4.69, 9.17) is 10.5 Å². The fraction of sp³-hybridized carbons (Fsp3) is 0.571. The lowest BCUT2D eigenvalue weighted by Crippen LogP contribution is -2.47. The molecule has 1 saturated carbocycles. The highest BCUT2D eigenvalue weighted by Gasteiger charge is 2.42. The van der Waals surface area contributed by atoms with E-state index in [1.54, 1.807) is 12.1 Å². The fourth-order valence-corrected chi connectivity index (χ4v) is 2.50. The van der Waals surface area contributed by atoms with Crippen LogP contribution >= 0.6 is 0 Å². The first-order chi connectivity index (χ1) is 8.65. The van der Waals surface area contributed by atoms with Crippen molar-refractivity contribution in [3.63, 3.8) is 0 Å². The summed E-state index contributed by atoms with van der Waals surface area (Å²) in [7, 11) is 1.47. The minimum absolute atomic E-state index is 0.0666. The molecule has 1 unspecified atom stereocenters. The van der Waals surface area contributed by atoms with Crippen molar-refractivity contribution in [2.24, 2.45) is 11.7 Å². The second-order valence-electron chi connectivity index (χ2n) is 4.96. The Kier molecular flexibility index (Phi) is 3.76. The van der Waals surface area contributed by atoms with Crippen LogP contribution in [0.5, 0.6) is 5.75 Å². The van der Waals surface area contributed by atoms with Crippen LogP contribution < -0.4 is 15.8 Å². The Morgan fingerprint density at radius 3 is 2.72 bits per heavy atom. The molecule has 0 aromatic heterocycles. The molecule has 4 heteroatoms. The Labute approximate surface area is 108 Å². The summed E-state index contributed by atoms with van der Waals surface area (Å²) < 4.78 is 18.4. The lowest BCUT2D eigenvalue weighted by Gasteiger charge is -2.34. The van der Waals surface area contributed by atoms with Gasteiger partial charge in [0.1, 0.15) is 0 Å². The third-order valence-electron chi connectivity index (χ3n) is 3.90. The molecule has 0 saturated heterocycles. The van der Waals surface area contributed by atoms with Gasteiger partial charge in [0.2, 0.25) is 0 Å². The van der Waals surface area contributed by atoms with Gasteiger partial charge in [-0.3, -0.25) is 0 Å². The van der Waals surface area contributed by atoms with Gasteiger partial charge in [-0.15, -0.1) is 0 Å². The van der Waals surface area contributed by atoms with E-state index in [1.807, 2.05) is 0 Å². The highest BCUT2D eigenvalue weighted by atomic mass is 19.1. The zero-order valence-electron chi connectivity index (χ0n) is 11.0. The van der Waals surface area contributed by atoms with E-state index < -0.39 is 0 Å². The second-order valence-corrected chi connectivity index (χ2v) is 4.96. The van der Waals surface area contributed by atoms with Gasteiger partial charge in [-0.05, 0) is 37.3 Å². The zero-order valence-corrected chi connectivity index (χ0v) is 11.0. The zero-order chi connectivity index (χ0) is 13.2. The third-order valence-corrected chi connectivity index (χ3v) is 3.90. The monoisotopic (exact) mass is 252 g/mol. The van der Waals surface area contributed by atoms with Crippen LogP contribution in [-0.2, 0) is 0 Å². The van der Waals surface area contributed by atoms with Crippen molar-refractivity contribution in [2.75, 3.05) is 19.0 Å². The average Bonchev–Trinajstić information content (AvgIpc) is 3.23. The van der Waals surface area contributed by atoms with E-state index in [1.165, 1.54) is 26.0 Å². The van der Waals surface area contributed by atoms with E-state index in [9.17, 15) is 4.39 Å². The predicted octanol–water partition coefficient (Wildman–Crippen LogP) is 2.76. The van der Waals surface area contributed by atoms with Crippen molar-refractivity contribution in [2.45, 2.75) is 31.7 Å². The molecule has 3 nitrogen and oxygen atoms in total. The molecule has 1 aromatic rings. The molecule has 100 valence electrons. The highest BCUT2D eigenvalue weighted by molar-refractivity contribution is 5.51. The lowest BCUT2D eigenvalue weighted by molar-refractivity contribution is 0.384.